The Labute approximate surface area is 53.1 Å². The Morgan fingerprint density at radius 3 is 2.62 bits per heavy atom. The molecule has 0 fully saturated rings. The van der Waals surface area contributed by atoms with Gasteiger partial charge in [0.1, 0.15) is 0 Å². The molecule has 0 aromatic carbocycles. The smallest absolute Gasteiger partial charge is 0.0528 e. The molecule has 0 heterocycles. The molecule has 0 rings (SSSR count). The van der Waals surface area contributed by atoms with E-state index in [2.05, 4.69) is 14.1 Å². The fourth-order valence-electron chi connectivity index (χ4n) is 0.571. The van der Waals surface area contributed by atoms with Crippen LogP contribution in [0.4, 0.5) is 0 Å². The van der Waals surface area contributed by atoms with E-state index in [1.807, 2.05) is 0 Å². The number of rotatable bonds is 4. The lowest BCUT2D eigenvalue weighted by molar-refractivity contribution is -0.831. The van der Waals surface area contributed by atoms with Gasteiger partial charge < -0.3 is 10.6 Å². The minimum absolute atomic E-state index is 0. The van der Waals surface area contributed by atoms with Crippen LogP contribution < -0.4 is 10.6 Å². The van der Waals surface area contributed by atoms with E-state index in [0.717, 1.165) is 19.5 Å². The summed E-state index contributed by atoms with van der Waals surface area (Å²) in [5.74, 6) is 0. The highest BCUT2D eigenvalue weighted by molar-refractivity contribution is 4.36. The van der Waals surface area contributed by atoms with Gasteiger partial charge in [0.05, 0.1) is 6.54 Å². The van der Waals surface area contributed by atoms with E-state index in [1.54, 1.807) is 0 Å². The van der Waals surface area contributed by atoms with Gasteiger partial charge in [0.2, 0.25) is 0 Å². The lowest BCUT2D eigenvalue weighted by atomic mass is 10.3. The zero-order valence-corrected chi connectivity index (χ0v) is 5.61. The summed E-state index contributed by atoms with van der Waals surface area (Å²) in [4.78, 5) is 1.26. The second-order valence-electron chi connectivity index (χ2n) is 2.20. The molecule has 0 spiro atoms. The summed E-state index contributed by atoms with van der Waals surface area (Å²) in [6.45, 7) is 1.95. The topological polar surface area (TPSA) is 30.5 Å². The molecule has 0 aliphatic carbocycles. The summed E-state index contributed by atoms with van der Waals surface area (Å²) in [5, 5.41) is 0. The van der Waals surface area contributed by atoms with Crippen LogP contribution >= 0.6 is 0 Å². The quantitative estimate of drug-likeness (QED) is 0.370. The van der Waals surface area contributed by atoms with E-state index >= 15 is 0 Å². The largest absolute Gasteiger partial charge is 0.470 e. The summed E-state index contributed by atoms with van der Waals surface area (Å²) in [7, 11) is 5.84. The van der Waals surface area contributed by atoms with E-state index in [4.69, 9.17) is 5.73 Å². The van der Waals surface area contributed by atoms with Crippen LogP contribution in [0.3, 0.4) is 0 Å². The van der Waals surface area contributed by atoms with Crippen LogP contribution in [-0.2, 0) is 0 Å². The van der Waals surface area contributed by atoms with Crippen molar-refractivity contribution in [3.05, 3.63) is 7.05 Å². The molecule has 2 nitrogen and oxygen atoms in total. The van der Waals surface area contributed by atoms with Gasteiger partial charge in [-0.15, -0.1) is 0 Å². The number of hydrogen-bond donors (Lipinski definition) is 2. The molecular formula is C6H18N2. The second kappa shape index (κ2) is 5.06. The standard InChI is InChI=1S/C6H16N2.H2/c1-8(2)6-4-3-5-7;/h8H,1,3-7H2,2H3;1H. The van der Waals surface area contributed by atoms with Crippen LogP contribution in [0.15, 0.2) is 0 Å². The van der Waals surface area contributed by atoms with Crippen molar-refractivity contribution in [2.45, 2.75) is 12.8 Å². The van der Waals surface area contributed by atoms with E-state index in [1.165, 1.54) is 11.3 Å². The molecule has 3 N–H and O–H groups in total. The third kappa shape index (κ3) is 5.92. The molecule has 0 saturated carbocycles. The minimum atomic E-state index is 0. The van der Waals surface area contributed by atoms with Crippen molar-refractivity contribution < 1.29 is 6.33 Å². The van der Waals surface area contributed by atoms with E-state index < -0.39 is 0 Å². The Morgan fingerprint density at radius 1 is 1.62 bits per heavy atom. The Morgan fingerprint density at radius 2 is 2.25 bits per heavy atom. The normalized spacial score (nSPS) is 13.9. The van der Waals surface area contributed by atoms with Crippen molar-refractivity contribution in [1.29, 1.82) is 0 Å². The molecule has 0 radical (unpaired) electrons. The average Bonchev–Trinajstić information content (AvgIpc) is 1.66. The van der Waals surface area contributed by atoms with Crippen molar-refractivity contribution in [1.82, 2.24) is 0 Å². The van der Waals surface area contributed by atoms with Gasteiger partial charge in [-0.1, -0.05) is 0 Å². The number of nitrogens with one attached hydrogen (secondary N) is 1. The maximum atomic E-state index is 5.29. The van der Waals surface area contributed by atoms with Gasteiger partial charge in [-0.2, -0.15) is 7.05 Å². The molecule has 0 saturated heterocycles. The molecule has 0 aliphatic rings. The van der Waals surface area contributed by atoms with Crippen LogP contribution in [0.2, 0.25) is 0 Å². The van der Waals surface area contributed by atoms with Gasteiger partial charge >= 0.3 is 0 Å². The Bertz CT molecular complexity index is 48.3. The maximum Gasteiger partial charge on any atom is 0.0528 e. The predicted octanol–water partition coefficient (Wildman–Crippen LogP) is -0.722. The number of hydrogen-bond acceptors (Lipinski definition) is 1. The van der Waals surface area contributed by atoms with Crippen LogP contribution in [-0.4, -0.2) is 20.1 Å². The van der Waals surface area contributed by atoms with E-state index in [-0.39, 0.29) is 1.43 Å². The molecule has 0 aromatic heterocycles. The SMILES string of the molecule is [CH2-][NH+](C)CCCCN.[HH]. The lowest BCUT2D eigenvalue weighted by Crippen LogP contribution is -3.03. The summed E-state index contributed by atoms with van der Waals surface area (Å²) in [6.07, 6.45) is 2.33. The van der Waals surface area contributed by atoms with E-state index in [9.17, 15) is 0 Å². The summed E-state index contributed by atoms with van der Waals surface area (Å²) >= 11 is 0. The maximum absolute atomic E-state index is 5.29. The molecule has 52 valence electrons. The Hall–Kier alpha value is -0.0800. The van der Waals surface area contributed by atoms with Gasteiger partial charge in [-0.05, 0) is 19.4 Å². The van der Waals surface area contributed by atoms with Gasteiger partial charge in [0, 0.05) is 8.47 Å². The first kappa shape index (κ1) is 7.92. The molecule has 8 heavy (non-hydrogen) atoms. The van der Waals surface area contributed by atoms with Crippen molar-refractivity contribution >= 4 is 0 Å². The van der Waals surface area contributed by atoms with Crippen molar-refractivity contribution in [2.75, 3.05) is 20.1 Å². The van der Waals surface area contributed by atoms with Crippen molar-refractivity contribution in [2.24, 2.45) is 5.73 Å². The van der Waals surface area contributed by atoms with Crippen LogP contribution in [0.25, 0.3) is 0 Å². The highest BCUT2D eigenvalue weighted by atomic mass is 15.0. The third-order valence-corrected chi connectivity index (χ3v) is 1.06. The molecule has 1 atom stereocenters. The monoisotopic (exact) mass is 118 g/mol. The first-order chi connectivity index (χ1) is 3.77. The molecule has 1 unspecified atom stereocenters. The zero-order valence-electron chi connectivity index (χ0n) is 5.61. The molecule has 0 bridgehead atoms. The van der Waals surface area contributed by atoms with Crippen molar-refractivity contribution in [3.63, 3.8) is 0 Å². The molecule has 0 aliphatic heterocycles. The summed E-state index contributed by atoms with van der Waals surface area (Å²) in [5.41, 5.74) is 5.29. The Kier molecular flexibility index (Phi) is 5.01. The fraction of sp³-hybridized carbons (Fsp3) is 0.833. The summed E-state index contributed by atoms with van der Waals surface area (Å²) in [6, 6.07) is 0. The molecule has 0 aromatic rings. The minimum Gasteiger partial charge on any atom is -0.470 e. The van der Waals surface area contributed by atoms with Gasteiger partial charge in [-0.25, -0.2) is 0 Å². The van der Waals surface area contributed by atoms with Crippen LogP contribution in [0.5, 0.6) is 0 Å². The highest BCUT2D eigenvalue weighted by Gasteiger charge is 1.85. The average molecular weight is 118 g/mol. The number of unbranched alkanes of at least 4 members (excludes halogenated alkanes) is 1. The van der Waals surface area contributed by atoms with Gasteiger partial charge in [0.15, 0.2) is 0 Å². The van der Waals surface area contributed by atoms with E-state index in [0.29, 0.717) is 0 Å². The highest BCUT2D eigenvalue weighted by Crippen LogP contribution is 1.77. The fourth-order valence-corrected chi connectivity index (χ4v) is 0.571. The lowest BCUT2D eigenvalue weighted by Gasteiger charge is -2.12. The Balaban J connectivity index is 0. The van der Waals surface area contributed by atoms with Gasteiger partial charge in [0.25, 0.3) is 0 Å². The van der Waals surface area contributed by atoms with Crippen molar-refractivity contribution in [3.8, 4) is 0 Å². The number of nitrogens with two attached hydrogens (primary N) is 1. The second-order valence-corrected chi connectivity index (χ2v) is 2.20. The predicted molar refractivity (Wildman–Crippen MR) is 37.5 cm³/mol. The van der Waals surface area contributed by atoms with Gasteiger partial charge in [-0.3, -0.25) is 0 Å². The number of quaternary nitrogens is 1. The first-order valence-electron chi connectivity index (χ1n) is 3.12. The zero-order chi connectivity index (χ0) is 6.41. The summed E-state index contributed by atoms with van der Waals surface area (Å²) < 4.78 is 0. The molecule has 0 amide bonds. The third-order valence-electron chi connectivity index (χ3n) is 1.06. The van der Waals surface area contributed by atoms with Crippen LogP contribution in [0, 0.1) is 7.05 Å². The molecular weight excluding hydrogens is 100 g/mol. The first-order valence-corrected chi connectivity index (χ1v) is 3.12. The van der Waals surface area contributed by atoms with Crippen LogP contribution in [0.1, 0.15) is 14.3 Å². The molecule has 2 heteroatoms.